The van der Waals surface area contributed by atoms with Crippen molar-refractivity contribution in [3.8, 4) is 5.75 Å². The summed E-state index contributed by atoms with van der Waals surface area (Å²) < 4.78 is 21.5. The van der Waals surface area contributed by atoms with Crippen LogP contribution in [0.15, 0.2) is 23.1 Å². The number of anilines is 1. The number of pyridine rings is 1. The van der Waals surface area contributed by atoms with Crippen molar-refractivity contribution >= 4 is 22.7 Å². The highest BCUT2D eigenvalue weighted by Gasteiger charge is 2.32. The fourth-order valence-corrected chi connectivity index (χ4v) is 4.60. The third-order valence-electron chi connectivity index (χ3n) is 6.00. The summed E-state index contributed by atoms with van der Waals surface area (Å²) in [5, 5.41) is 12.6. The fraction of sp³-hybridized carbons (Fsp3) is 0.500. The number of carboxylic acid groups (broad SMARTS) is 1. The van der Waals surface area contributed by atoms with E-state index >= 15 is 4.39 Å². The maximum Gasteiger partial charge on any atom is 0.511 e. The molecule has 2 aromatic rings. The summed E-state index contributed by atoms with van der Waals surface area (Å²) in [6, 6.07) is 3.88. The number of nitrogens with one attached hydrogen (secondary N) is 1. The number of aromatic nitrogens is 1. The number of piperidine rings is 1. The molecule has 0 spiro atoms. The van der Waals surface area contributed by atoms with Crippen LogP contribution in [-0.4, -0.2) is 41.0 Å². The molecular weight excluding hydrogens is 365 g/mol. The van der Waals surface area contributed by atoms with Crippen molar-refractivity contribution in [2.24, 2.45) is 0 Å². The van der Waals surface area contributed by atoms with Gasteiger partial charge in [-0.3, -0.25) is 4.79 Å². The predicted molar refractivity (Wildman–Crippen MR) is 102 cm³/mol. The Hall–Kier alpha value is -2.61. The molecule has 3 fully saturated rings. The van der Waals surface area contributed by atoms with E-state index in [4.69, 9.17) is 5.11 Å². The van der Waals surface area contributed by atoms with Crippen LogP contribution < -0.4 is 20.4 Å². The number of nitrogens with zero attached hydrogens (tertiary/aromatic N) is 2. The Kier molecular flexibility index (Phi) is 4.04. The molecule has 2 atom stereocenters. The minimum absolute atomic E-state index is 0.155. The number of rotatable bonds is 3. The quantitative estimate of drug-likeness (QED) is 0.788. The third-order valence-corrected chi connectivity index (χ3v) is 6.00. The zero-order valence-corrected chi connectivity index (χ0v) is 15.4. The molecule has 28 heavy (non-hydrogen) atoms. The molecule has 1 aromatic heterocycles. The highest BCUT2D eigenvalue weighted by Crippen LogP contribution is 2.39. The second-order valence-corrected chi connectivity index (χ2v) is 8.05. The van der Waals surface area contributed by atoms with E-state index in [0.29, 0.717) is 23.3 Å². The topological polar surface area (TPSA) is 83.8 Å². The lowest BCUT2D eigenvalue weighted by atomic mass is 9.94. The van der Waals surface area contributed by atoms with E-state index < -0.39 is 17.4 Å². The molecule has 3 aliphatic rings. The number of fused-ring (bicyclic) bond motifs is 3. The molecule has 0 amide bonds. The summed E-state index contributed by atoms with van der Waals surface area (Å²) >= 11 is 0. The van der Waals surface area contributed by atoms with E-state index in [0.717, 1.165) is 38.8 Å². The SMILES string of the molecule is O=C(O)Oc1cn(C2CC2)c2cc(N3CC4CCCC(C3)N4)c(F)cc2c1=O. The first-order chi connectivity index (χ1) is 13.5. The standard InChI is InChI=1S/C20H22FN3O4/c21-15-6-14-16(7-17(15)23-8-11-2-1-3-12(9-23)22-11)24(13-4-5-13)10-18(19(14)25)28-20(26)27/h6-7,10-13,22H,1-5,8-9H2,(H,26,27). The Balaban J connectivity index is 1.62. The molecule has 2 unspecified atom stereocenters. The second kappa shape index (κ2) is 6.48. The molecule has 1 aliphatic carbocycles. The molecule has 2 saturated heterocycles. The lowest BCUT2D eigenvalue weighted by Gasteiger charge is -2.43. The van der Waals surface area contributed by atoms with Gasteiger partial charge in [-0.15, -0.1) is 0 Å². The Bertz CT molecular complexity index is 1000. The first-order valence-corrected chi connectivity index (χ1v) is 9.80. The first-order valence-electron chi connectivity index (χ1n) is 9.80. The first kappa shape index (κ1) is 17.5. The molecular formula is C20H22FN3O4. The molecule has 8 heteroatoms. The molecule has 2 aliphatic heterocycles. The number of halogens is 1. The number of benzene rings is 1. The van der Waals surface area contributed by atoms with E-state index in [1.54, 1.807) is 6.07 Å². The van der Waals surface area contributed by atoms with E-state index in [2.05, 4.69) is 15.0 Å². The normalized spacial score (nSPS) is 24.4. The molecule has 2 N–H and O–H groups in total. The minimum atomic E-state index is -1.55. The van der Waals surface area contributed by atoms with Crippen LogP contribution in [0, 0.1) is 5.82 Å². The van der Waals surface area contributed by atoms with Crippen LogP contribution in [0.4, 0.5) is 14.9 Å². The lowest BCUT2D eigenvalue weighted by Crippen LogP contribution is -2.59. The summed E-state index contributed by atoms with van der Waals surface area (Å²) in [4.78, 5) is 25.7. The van der Waals surface area contributed by atoms with Gasteiger partial charge in [0, 0.05) is 31.2 Å². The Labute approximate surface area is 160 Å². The molecule has 148 valence electrons. The zero-order valence-electron chi connectivity index (χ0n) is 15.4. The number of hydrogen-bond acceptors (Lipinski definition) is 5. The van der Waals surface area contributed by atoms with Crippen molar-refractivity contribution in [1.82, 2.24) is 9.88 Å². The predicted octanol–water partition coefficient (Wildman–Crippen LogP) is 2.86. The van der Waals surface area contributed by atoms with Gasteiger partial charge in [-0.25, -0.2) is 9.18 Å². The van der Waals surface area contributed by atoms with Crippen LogP contribution in [0.3, 0.4) is 0 Å². The van der Waals surface area contributed by atoms with Crippen LogP contribution in [0.2, 0.25) is 0 Å². The van der Waals surface area contributed by atoms with Gasteiger partial charge in [0.15, 0.2) is 5.75 Å². The van der Waals surface area contributed by atoms with Gasteiger partial charge in [0.1, 0.15) is 5.82 Å². The number of piperazine rings is 1. The molecule has 5 rings (SSSR count). The zero-order chi connectivity index (χ0) is 19.4. The second-order valence-electron chi connectivity index (χ2n) is 8.05. The van der Waals surface area contributed by atoms with Crippen LogP contribution in [0.25, 0.3) is 10.9 Å². The van der Waals surface area contributed by atoms with E-state index in [9.17, 15) is 9.59 Å². The smallest absolute Gasteiger partial charge is 0.449 e. The highest BCUT2D eigenvalue weighted by atomic mass is 19.1. The van der Waals surface area contributed by atoms with Crippen molar-refractivity contribution < 1.29 is 19.0 Å². The van der Waals surface area contributed by atoms with Crippen LogP contribution >= 0.6 is 0 Å². The van der Waals surface area contributed by atoms with E-state index in [1.807, 2.05) is 4.57 Å². The molecule has 7 nitrogen and oxygen atoms in total. The van der Waals surface area contributed by atoms with E-state index in [-0.39, 0.29) is 17.2 Å². The average molecular weight is 387 g/mol. The molecule has 1 aromatic carbocycles. The van der Waals surface area contributed by atoms with Gasteiger partial charge in [0.05, 0.1) is 22.8 Å². The fourth-order valence-electron chi connectivity index (χ4n) is 4.60. The lowest BCUT2D eigenvalue weighted by molar-refractivity contribution is 0.143. The minimum Gasteiger partial charge on any atom is -0.449 e. The highest BCUT2D eigenvalue weighted by molar-refractivity contribution is 5.85. The summed E-state index contributed by atoms with van der Waals surface area (Å²) in [7, 11) is 0. The van der Waals surface area contributed by atoms with Gasteiger partial charge in [0.25, 0.3) is 0 Å². The number of ether oxygens (including phenoxy) is 1. The summed E-state index contributed by atoms with van der Waals surface area (Å²) in [5.74, 6) is -0.741. The van der Waals surface area contributed by atoms with Gasteiger partial charge >= 0.3 is 6.16 Å². The van der Waals surface area contributed by atoms with Gasteiger partial charge in [-0.1, -0.05) is 6.42 Å². The van der Waals surface area contributed by atoms with Crippen LogP contribution in [-0.2, 0) is 0 Å². The van der Waals surface area contributed by atoms with Crippen LogP contribution in [0.5, 0.6) is 5.75 Å². The Morgan fingerprint density at radius 1 is 1.18 bits per heavy atom. The van der Waals surface area contributed by atoms with Gasteiger partial charge in [0.2, 0.25) is 5.43 Å². The molecule has 3 heterocycles. The van der Waals surface area contributed by atoms with Crippen molar-refractivity contribution in [1.29, 1.82) is 0 Å². The largest absolute Gasteiger partial charge is 0.511 e. The van der Waals surface area contributed by atoms with Crippen molar-refractivity contribution in [3.05, 3.63) is 34.4 Å². The monoisotopic (exact) mass is 387 g/mol. The molecule has 1 saturated carbocycles. The maximum atomic E-state index is 15.0. The number of carbonyl (C=O) groups is 1. The summed E-state index contributed by atoms with van der Waals surface area (Å²) in [6.07, 6.45) is 5.15. The molecule has 2 bridgehead atoms. The maximum absolute atomic E-state index is 15.0. The number of hydrogen-bond donors (Lipinski definition) is 2. The van der Waals surface area contributed by atoms with Gasteiger partial charge in [-0.2, -0.15) is 0 Å². The van der Waals surface area contributed by atoms with Gasteiger partial charge < -0.3 is 24.6 Å². The molecule has 0 radical (unpaired) electrons. The van der Waals surface area contributed by atoms with Gasteiger partial charge in [-0.05, 0) is 37.8 Å². The summed E-state index contributed by atoms with van der Waals surface area (Å²) in [5.41, 5.74) is 0.536. The average Bonchev–Trinajstić information content (AvgIpc) is 3.48. The Morgan fingerprint density at radius 3 is 2.54 bits per heavy atom. The third kappa shape index (κ3) is 3.01. The summed E-state index contributed by atoms with van der Waals surface area (Å²) in [6.45, 7) is 1.49. The van der Waals surface area contributed by atoms with Crippen molar-refractivity contribution in [2.75, 3.05) is 18.0 Å². The van der Waals surface area contributed by atoms with Crippen LogP contribution in [0.1, 0.15) is 38.1 Å². The van der Waals surface area contributed by atoms with E-state index in [1.165, 1.54) is 18.7 Å². The van der Waals surface area contributed by atoms with Crippen molar-refractivity contribution in [3.63, 3.8) is 0 Å². The van der Waals surface area contributed by atoms with Crippen molar-refractivity contribution in [2.45, 2.75) is 50.2 Å². The Morgan fingerprint density at radius 2 is 1.89 bits per heavy atom.